The van der Waals surface area contributed by atoms with Crippen molar-refractivity contribution in [2.24, 2.45) is 23.3 Å². The molecule has 104 valence electrons. The van der Waals surface area contributed by atoms with Crippen molar-refractivity contribution < 1.29 is 9.59 Å². The summed E-state index contributed by atoms with van der Waals surface area (Å²) in [5.74, 6) is 0.543. The molecular weight excluding hydrogens is 230 g/mol. The van der Waals surface area contributed by atoms with Crippen LogP contribution in [0, 0.1) is 11.8 Å². The van der Waals surface area contributed by atoms with Gasteiger partial charge in [-0.05, 0) is 31.1 Å². The molecule has 4 N–H and O–H groups in total. The molecule has 5 heteroatoms. The molecule has 18 heavy (non-hydrogen) atoms. The van der Waals surface area contributed by atoms with Crippen LogP contribution >= 0.6 is 0 Å². The fourth-order valence-electron chi connectivity index (χ4n) is 2.49. The Morgan fingerprint density at radius 2 is 1.83 bits per heavy atom. The zero-order valence-electron chi connectivity index (χ0n) is 11.4. The average molecular weight is 255 g/mol. The number of primary amides is 1. The van der Waals surface area contributed by atoms with Crippen molar-refractivity contribution in [3.05, 3.63) is 0 Å². The Morgan fingerprint density at radius 3 is 2.28 bits per heavy atom. The minimum Gasteiger partial charge on any atom is -0.370 e. The lowest BCUT2D eigenvalue weighted by Gasteiger charge is -2.33. The highest BCUT2D eigenvalue weighted by Gasteiger charge is 2.27. The van der Waals surface area contributed by atoms with Crippen molar-refractivity contribution in [1.82, 2.24) is 4.90 Å². The van der Waals surface area contributed by atoms with Gasteiger partial charge in [0.15, 0.2) is 0 Å². The predicted octanol–water partition coefficient (Wildman–Crippen LogP) is 0.474. The van der Waals surface area contributed by atoms with Crippen molar-refractivity contribution in [1.29, 1.82) is 0 Å². The number of nitrogens with zero attached hydrogens (tertiary/aromatic N) is 1. The van der Waals surface area contributed by atoms with E-state index in [2.05, 4.69) is 13.8 Å². The fraction of sp³-hybridized carbons (Fsp3) is 0.846. The van der Waals surface area contributed by atoms with Crippen molar-refractivity contribution in [3.8, 4) is 0 Å². The maximum absolute atomic E-state index is 12.1. The summed E-state index contributed by atoms with van der Waals surface area (Å²) in [4.78, 5) is 24.7. The van der Waals surface area contributed by atoms with Crippen LogP contribution in [0.1, 0.15) is 39.5 Å². The summed E-state index contributed by atoms with van der Waals surface area (Å²) in [6, 6.07) is -0.391. The predicted molar refractivity (Wildman–Crippen MR) is 70.5 cm³/mol. The van der Waals surface area contributed by atoms with Gasteiger partial charge in [0.25, 0.3) is 0 Å². The van der Waals surface area contributed by atoms with Gasteiger partial charge in [-0.25, -0.2) is 0 Å². The third-order valence-corrected chi connectivity index (χ3v) is 3.46. The SMILES string of the molecule is CC(C)C[C@@H](N)C(=O)N1CCC(CC(N)=O)CC1. The molecule has 1 heterocycles. The largest absolute Gasteiger partial charge is 0.370 e. The molecule has 1 rings (SSSR count). The Hall–Kier alpha value is -1.10. The van der Waals surface area contributed by atoms with E-state index in [1.165, 1.54) is 0 Å². The standard InChI is InChI=1S/C13H25N3O2/c1-9(2)7-11(14)13(18)16-5-3-10(4-6-16)8-12(15)17/h9-11H,3-8,14H2,1-2H3,(H2,15,17)/t11-/m1/s1. The zero-order valence-corrected chi connectivity index (χ0v) is 11.4. The molecule has 0 aromatic rings. The second-order valence-corrected chi connectivity index (χ2v) is 5.68. The maximum atomic E-state index is 12.1. The smallest absolute Gasteiger partial charge is 0.239 e. The van der Waals surface area contributed by atoms with Crippen LogP contribution in [0.25, 0.3) is 0 Å². The van der Waals surface area contributed by atoms with Gasteiger partial charge in [-0.1, -0.05) is 13.8 Å². The molecule has 0 aliphatic carbocycles. The summed E-state index contributed by atoms with van der Waals surface area (Å²) in [5.41, 5.74) is 11.1. The molecule has 5 nitrogen and oxygen atoms in total. The van der Waals surface area contributed by atoms with Gasteiger partial charge in [0.05, 0.1) is 6.04 Å². The van der Waals surface area contributed by atoms with Crippen LogP contribution in [0.5, 0.6) is 0 Å². The Balaban J connectivity index is 2.38. The molecular formula is C13H25N3O2. The summed E-state index contributed by atoms with van der Waals surface area (Å²) < 4.78 is 0. The van der Waals surface area contributed by atoms with Crippen LogP contribution in [0.3, 0.4) is 0 Å². The molecule has 0 bridgehead atoms. The summed E-state index contributed by atoms with van der Waals surface area (Å²) in [6.45, 7) is 5.52. The number of amides is 2. The van der Waals surface area contributed by atoms with Crippen LogP contribution < -0.4 is 11.5 Å². The first-order chi connectivity index (χ1) is 8.40. The second kappa shape index (κ2) is 6.73. The molecule has 1 atom stereocenters. The van der Waals surface area contributed by atoms with E-state index in [1.54, 1.807) is 0 Å². The van der Waals surface area contributed by atoms with Crippen LogP contribution in [0.15, 0.2) is 0 Å². The Morgan fingerprint density at radius 1 is 1.28 bits per heavy atom. The van der Waals surface area contributed by atoms with Gasteiger partial charge >= 0.3 is 0 Å². The number of hydrogen-bond donors (Lipinski definition) is 2. The Kier molecular flexibility index (Phi) is 5.59. The quantitative estimate of drug-likeness (QED) is 0.748. The molecule has 0 radical (unpaired) electrons. The zero-order chi connectivity index (χ0) is 13.7. The van der Waals surface area contributed by atoms with Gasteiger partial charge in [-0.3, -0.25) is 9.59 Å². The molecule has 1 aliphatic heterocycles. The summed E-state index contributed by atoms with van der Waals surface area (Å²) in [7, 11) is 0. The molecule has 0 spiro atoms. The molecule has 1 aliphatic rings. The third kappa shape index (κ3) is 4.64. The number of likely N-dealkylation sites (tertiary alicyclic amines) is 1. The number of rotatable bonds is 5. The number of carbonyl (C=O) groups is 2. The van der Waals surface area contributed by atoms with Gasteiger partial charge < -0.3 is 16.4 Å². The molecule has 1 fully saturated rings. The third-order valence-electron chi connectivity index (χ3n) is 3.46. The van der Waals surface area contributed by atoms with Crippen LogP contribution in [0.2, 0.25) is 0 Å². The highest BCUT2D eigenvalue weighted by Crippen LogP contribution is 2.21. The van der Waals surface area contributed by atoms with Crippen molar-refractivity contribution in [3.63, 3.8) is 0 Å². The highest BCUT2D eigenvalue weighted by atomic mass is 16.2. The molecule has 2 amide bonds. The Bertz CT molecular complexity index is 297. The monoisotopic (exact) mass is 255 g/mol. The van der Waals surface area contributed by atoms with Crippen LogP contribution in [-0.2, 0) is 9.59 Å². The van der Waals surface area contributed by atoms with Crippen LogP contribution in [0.4, 0.5) is 0 Å². The lowest BCUT2D eigenvalue weighted by Crippen LogP contribution is -2.47. The number of piperidine rings is 1. The minimum absolute atomic E-state index is 0.0428. The van der Waals surface area contributed by atoms with E-state index in [4.69, 9.17) is 11.5 Å². The van der Waals surface area contributed by atoms with E-state index in [1.807, 2.05) is 4.90 Å². The minimum atomic E-state index is -0.391. The first-order valence-electron chi connectivity index (χ1n) is 6.72. The topological polar surface area (TPSA) is 89.4 Å². The maximum Gasteiger partial charge on any atom is 0.239 e. The molecule has 0 aromatic carbocycles. The number of hydrogen-bond acceptors (Lipinski definition) is 3. The molecule has 0 aromatic heterocycles. The highest BCUT2D eigenvalue weighted by molar-refractivity contribution is 5.81. The molecule has 0 unspecified atom stereocenters. The van der Waals surface area contributed by atoms with Gasteiger partial charge in [-0.2, -0.15) is 0 Å². The fourth-order valence-corrected chi connectivity index (χ4v) is 2.49. The summed E-state index contributed by atoms with van der Waals surface area (Å²) in [6.07, 6.45) is 2.85. The van der Waals surface area contributed by atoms with Gasteiger partial charge in [0.1, 0.15) is 0 Å². The lowest BCUT2D eigenvalue weighted by molar-refractivity contribution is -0.134. The van der Waals surface area contributed by atoms with E-state index >= 15 is 0 Å². The summed E-state index contributed by atoms with van der Waals surface area (Å²) >= 11 is 0. The number of carbonyl (C=O) groups excluding carboxylic acids is 2. The second-order valence-electron chi connectivity index (χ2n) is 5.68. The molecule has 0 saturated carbocycles. The van der Waals surface area contributed by atoms with Crippen molar-refractivity contribution >= 4 is 11.8 Å². The van der Waals surface area contributed by atoms with Gasteiger partial charge in [0.2, 0.25) is 11.8 Å². The first kappa shape index (κ1) is 15.0. The molecule has 1 saturated heterocycles. The van der Waals surface area contributed by atoms with E-state index in [9.17, 15) is 9.59 Å². The van der Waals surface area contributed by atoms with E-state index in [0.717, 1.165) is 19.3 Å². The first-order valence-corrected chi connectivity index (χ1v) is 6.72. The summed E-state index contributed by atoms with van der Waals surface area (Å²) in [5, 5.41) is 0. The average Bonchev–Trinajstić information content (AvgIpc) is 2.27. The number of nitrogens with two attached hydrogens (primary N) is 2. The lowest BCUT2D eigenvalue weighted by atomic mass is 9.92. The van der Waals surface area contributed by atoms with Crippen molar-refractivity contribution in [2.45, 2.75) is 45.6 Å². The van der Waals surface area contributed by atoms with E-state index in [-0.39, 0.29) is 11.8 Å². The van der Waals surface area contributed by atoms with Gasteiger partial charge in [0, 0.05) is 19.5 Å². The normalized spacial score (nSPS) is 19.0. The van der Waals surface area contributed by atoms with E-state index < -0.39 is 6.04 Å². The van der Waals surface area contributed by atoms with Crippen LogP contribution in [-0.4, -0.2) is 35.8 Å². The van der Waals surface area contributed by atoms with E-state index in [0.29, 0.717) is 31.3 Å². The Labute approximate surface area is 109 Å². The van der Waals surface area contributed by atoms with Crippen molar-refractivity contribution in [2.75, 3.05) is 13.1 Å². The van der Waals surface area contributed by atoms with Gasteiger partial charge in [-0.15, -0.1) is 0 Å².